The first kappa shape index (κ1) is 23.6. The first-order valence-corrected chi connectivity index (χ1v) is 9.98. The standard InChI is InChI=1S/C18H22FN5OS.C2H6/c19-8-10-22-11-12-25-15-4-2-5-16(13-15)26-24-17-6-1-3-14(7-9-20)18(17)23-21;1-2/h1-6,13,22-24H,7-8,10-12,21H2;1-2H3. The van der Waals surface area contributed by atoms with E-state index < -0.39 is 0 Å². The molecular formula is C20H28FN5OS. The molecule has 6 nitrogen and oxygen atoms in total. The summed E-state index contributed by atoms with van der Waals surface area (Å²) in [5.74, 6) is 6.35. The predicted octanol–water partition coefficient (Wildman–Crippen LogP) is 4.12. The van der Waals surface area contributed by atoms with Gasteiger partial charge in [-0.3, -0.25) is 5.84 Å². The zero-order chi connectivity index (χ0) is 20.6. The van der Waals surface area contributed by atoms with Crippen LogP contribution in [-0.2, 0) is 6.42 Å². The van der Waals surface area contributed by atoms with Crippen molar-refractivity contribution in [2.75, 3.05) is 36.5 Å². The van der Waals surface area contributed by atoms with E-state index in [2.05, 4.69) is 21.5 Å². The molecule has 8 heteroatoms. The van der Waals surface area contributed by atoms with Crippen LogP contribution in [0.3, 0.4) is 0 Å². The van der Waals surface area contributed by atoms with E-state index >= 15 is 0 Å². The monoisotopic (exact) mass is 405 g/mol. The van der Waals surface area contributed by atoms with E-state index in [1.54, 1.807) is 0 Å². The van der Waals surface area contributed by atoms with Gasteiger partial charge in [0.1, 0.15) is 19.0 Å². The Balaban J connectivity index is 0.00000190. The summed E-state index contributed by atoms with van der Waals surface area (Å²) in [6.45, 7) is 5.02. The van der Waals surface area contributed by atoms with Crippen LogP contribution in [0.25, 0.3) is 0 Å². The lowest BCUT2D eigenvalue weighted by atomic mass is 10.1. The van der Waals surface area contributed by atoms with Crippen LogP contribution in [-0.4, -0.2) is 26.4 Å². The topological polar surface area (TPSA) is 95.1 Å². The van der Waals surface area contributed by atoms with Crippen molar-refractivity contribution in [3.05, 3.63) is 48.0 Å². The summed E-state index contributed by atoms with van der Waals surface area (Å²) in [6, 6.07) is 15.4. The quantitative estimate of drug-likeness (QED) is 0.193. The third-order valence-corrected chi connectivity index (χ3v) is 4.28. The van der Waals surface area contributed by atoms with Gasteiger partial charge in [-0.2, -0.15) is 5.26 Å². The second kappa shape index (κ2) is 14.6. The second-order valence-corrected chi connectivity index (χ2v) is 6.17. The highest BCUT2D eigenvalue weighted by atomic mass is 32.2. The van der Waals surface area contributed by atoms with Crippen LogP contribution in [0, 0.1) is 11.3 Å². The van der Waals surface area contributed by atoms with Crippen molar-refractivity contribution in [3.8, 4) is 11.8 Å². The van der Waals surface area contributed by atoms with Crippen LogP contribution < -0.4 is 26.0 Å². The first-order chi connectivity index (χ1) is 13.8. The van der Waals surface area contributed by atoms with Gasteiger partial charge < -0.3 is 20.2 Å². The van der Waals surface area contributed by atoms with Gasteiger partial charge in [0.05, 0.1) is 23.9 Å². The summed E-state index contributed by atoms with van der Waals surface area (Å²) in [6.07, 6.45) is 0.277. The number of anilines is 2. The van der Waals surface area contributed by atoms with Gasteiger partial charge >= 0.3 is 0 Å². The van der Waals surface area contributed by atoms with Gasteiger partial charge in [-0.15, -0.1) is 0 Å². The Morgan fingerprint density at radius 2 is 1.96 bits per heavy atom. The lowest BCUT2D eigenvalue weighted by molar-refractivity contribution is 0.310. The van der Waals surface area contributed by atoms with Gasteiger partial charge in [-0.25, -0.2) is 4.39 Å². The highest BCUT2D eigenvalue weighted by Gasteiger charge is 2.07. The lowest BCUT2D eigenvalue weighted by Gasteiger charge is -2.14. The Morgan fingerprint density at radius 3 is 2.68 bits per heavy atom. The van der Waals surface area contributed by atoms with E-state index in [4.69, 9.17) is 15.8 Å². The maximum Gasteiger partial charge on any atom is 0.120 e. The molecule has 0 bridgehead atoms. The van der Waals surface area contributed by atoms with Gasteiger partial charge in [0.25, 0.3) is 0 Å². The highest BCUT2D eigenvalue weighted by Crippen LogP contribution is 2.31. The fourth-order valence-corrected chi connectivity index (χ4v) is 2.98. The average Bonchev–Trinajstić information content (AvgIpc) is 2.74. The fraction of sp³-hybridized carbons (Fsp3) is 0.350. The van der Waals surface area contributed by atoms with E-state index in [-0.39, 0.29) is 13.1 Å². The summed E-state index contributed by atoms with van der Waals surface area (Å²) in [5.41, 5.74) is 4.99. The number of nitrogens with two attached hydrogens (primary N) is 1. The maximum atomic E-state index is 12.0. The molecule has 2 aromatic rings. The summed E-state index contributed by atoms with van der Waals surface area (Å²) in [5, 5.41) is 11.8. The van der Waals surface area contributed by atoms with E-state index in [9.17, 15) is 4.39 Å². The molecule has 0 atom stereocenters. The molecule has 5 N–H and O–H groups in total. The van der Waals surface area contributed by atoms with Crippen LogP contribution in [0.5, 0.6) is 5.75 Å². The van der Waals surface area contributed by atoms with Crippen molar-refractivity contribution in [1.82, 2.24) is 5.32 Å². The van der Waals surface area contributed by atoms with Crippen LogP contribution in [0.15, 0.2) is 47.4 Å². The number of nitrogens with one attached hydrogen (secondary N) is 3. The largest absolute Gasteiger partial charge is 0.492 e. The Bertz CT molecular complexity index is 739. The Morgan fingerprint density at radius 1 is 1.18 bits per heavy atom. The highest BCUT2D eigenvalue weighted by molar-refractivity contribution is 8.00. The number of nitrogens with zero attached hydrogens (tertiary/aromatic N) is 1. The molecule has 0 spiro atoms. The zero-order valence-electron chi connectivity index (χ0n) is 16.3. The molecule has 0 aromatic heterocycles. The van der Waals surface area contributed by atoms with E-state index in [0.29, 0.717) is 25.4 Å². The van der Waals surface area contributed by atoms with Gasteiger partial charge in [0, 0.05) is 18.0 Å². The van der Waals surface area contributed by atoms with E-state index in [1.165, 1.54) is 11.9 Å². The summed E-state index contributed by atoms with van der Waals surface area (Å²) >= 11 is 1.42. The number of alkyl halides is 1. The molecule has 0 saturated carbocycles. The van der Waals surface area contributed by atoms with Crippen LogP contribution in [0.2, 0.25) is 0 Å². The minimum atomic E-state index is -0.382. The minimum Gasteiger partial charge on any atom is -0.492 e. The average molecular weight is 406 g/mol. The van der Waals surface area contributed by atoms with E-state index in [0.717, 1.165) is 21.9 Å². The number of hydrogen-bond donors (Lipinski definition) is 4. The molecule has 0 radical (unpaired) electrons. The van der Waals surface area contributed by atoms with Gasteiger partial charge in [0.2, 0.25) is 0 Å². The molecule has 28 heavy (non-hydrogen) atoms. The molecule has 0 heterocycles. The second-order valence-electron chi connectivity index (χ2n) is 5.29. The molecule has 0 amide bonds. The number of hydrogen-bond acceptors (Lipinski definition) is 7. The fourth-order valence-electron chi connectivity index (χ4n) is 2.26. The molecule has 0 aliphatic heterocycles. The molecule has 0 unspecified atom stereocenters. The molecule has 152 valence electrons. The summed E-state index contributed by atoms with van der Waals surface area (Å²) in [4.78, 5) is 0.966. The molecular weight excluding hydrogens is 377 g/mol. The number of halogens is 1. The first-order valence-electron chi connectivity index (χ1n) is 9.16. The molecule has 2 aromatic carbocycles. The normalized spacial score (nSPS) is 9.68. The summed E-state index contributed by atoms with van der Waals surface area (Å²) < 4.78 is 20.9. The van der Waals surface area contributed by atoms with Crippen molar-refractivity contribution >= 4 is 23.3 Å². The molecule has 0 fully saturated rings. The van der Waals surface area contributed by atoms with Crippen LogP contribution in [0.1, 0.15) is 19.4 Å². The van der Waals surface area contributed by atoms with Crippen LogP contribution in [0.4, 0.5) is 15.8 Å². The van der Waals surface area contributed by atoms with Crippen molar-refractivity contribution in [1.29, 1.82) is 5.26 Å². The van der Waals surface area contributed by atoms with E-state index in [1.807, 2.05) is 56.3 Å². The number of nitriles is 1. The molecule has 2 rings (SSSR count). The van der Waals surface area contributed by atoms with Crippen molar-refractivity contribution in [2.24, 2.45) is 5.84 Å². The summed E-state index contributed by atoms with van der Waals surface area (Å²) in [7, 11) is 0. The van der Waals surface area contributed by atoms with Crippen molar-refractivity contribution in [3.63, 3.8) is 0 Å². The van der Waals surface area contributed by atoms with Gasteiger partial charge in [-0.05, 0) is 41.8 Å². The number of rotatable bonds is 11. The lowest BCUT2D eigenvalue weighted by Crippen LogP contribution is -2.23. The smallest absolute Gasteiger partial charge is 0.120 e. The predicted molar refractivity (Wildman–Crippen MR) is 115 cm³/mol. The van der Waals surface area contributed by atoms with Gasteiger partial charge in [-0.1, -0.05) is 32.0 Å². The SMILES string of the molecule is CC.N#CCc1cccc(NSc2cccc(OCCNCCF)c2)c1NN. The van der Waals surface area contributed by atoms with Crippen molar-refractivity contribution < 1.29 is 9.13 Å². The Hall–Kier alpha value is -2.47. The number of hydrazine groups is 1. The minimum absolute atomic E-state index is 0.277. The van der Waals surface area contributed by atoms with Gasteiger partial charge in [0.15, 0.2) is 0 Å². The zero-order valence-corrected chi connectivity index (χ0v) is 17.1. The Labute approximate surface area is 170 Å². The number of ether oxygens (including phenoxy) is 1. The maximum absolute atomic E-state index is 12.0. The van der Waals surface area contributed by atoms with Crippen LogP contribution >= 0.6 is 11.9 Å². The Kier molecular flexibility index (Phi) is 12.3. The third kappa shape index (κ3) is 8.05. The number of nitrogen functional groups attached to an aromatic ring is 1. The molecule has 0 saturated heterocycles. The van der Waals surface area contributed by atoms with Crippen molar-refractivity contribution in [2.45, 2.75) is 25.2 Å². The molecule has 0 aliphatic carbocycles. The number of para-hydroxylation sites is 1. The third-order valence-electron chi connectivity index (χ3n) is 3.47. The number of benzene rings is 2. The molecule has 0 aliphatic rings.